The first-order valence-corrected chi connectivity index (χ1v) is 4.41. The van der Waals surface area contributed by atoms with Crippen LogP contribution >= 0.6 is 0 Å². The van der Waals surface area contributed by atoms with Crippen LogP contribution in [-0.4, -0.2) is 23.4 Å². The second-order valence-electron chi connectivity index (χ2n) is 2.99. The standard InChI is InChI=1S/C10H14N4O/c1-8-5-4-6-10(13-8)15-14(3)7-12-9(2)11/h4-7H,2,11H2,1,3H3/b12-7-. The van der Waals surface area contributed by atoms with Gasteiger partial charge in [0.05, 0.1) is 0 Å². The predicted octanol–water partition coefficient (Wildman–Crippen LogP) is 1.07. The van der Waals surface area contributed by atoms with Gasteiger partial charge in [-0.05, 0) is 13.0 Å². The summed E-state index contributed by atoms with van der Waals surface area (Å²) in [4.78, 5) is 13.3. The van der Waals surface area contributed by atoms with Crippen molar-refractivity contribution < 1.29 is 4.84 Å². The minimum absolute atomic E-state index is 0.225. The number of hydroxylamine groups is 2. The van der Waals surface area contributed by atoms with E-state index in [9.17, 15) is 0 Å². The molecule has 1 rings (SSSR count). The molecule has 0 aromatic carbocycles. The molecule has 0 unspecified atom stereocenters. The molecule has 80 valence electrons. The lowest BCUT2D eigenvalue weighted by molar-refractivity contribution is 0.0478. The number of aliphatic imine (C=N–C) groups is 1. The SMILES string of the molecule is C=C(N)/N=C\N(C)Oc1cccc(C)n1. The molecule has 5 nitrogen and oxygen atoms in total. The Labute approximate surface area is 88.8 Å². The van der Waals surface area contributed by atoms with Crippen molar-refractivity contribution in [3.63, 3.8) is 0 Å². The Bertz CT molecular complexity index is 375. The average molecular weight is 206 g/mol. The molecule has 0 atom stereocenters. The van der Waals surface area contributed by atoms with Crippen LogP contribution in [0.2, 0.25) is 0 Å². The van der Waals surface area contributed by atoms with Crippen LogP contribution in [0.5, 0.6) is 5.88 Å². The monoisotopic (exact) mass is 206 g/mol. The summed E-state index contributed by atoms with van der Waals surface area (Å²) in [6.07, 6.45) is 1.42. The van der Waals surface area contributed by atoms with Crippen LogP contribution in [0.4, 0.5) is 0 Å². The van der Waals surface area contributed by atoms with Gasteiger partial charge >= 0.3 is 0 Å². The minimum atomic E-state index is 0.225. The van der Waals surface area contributed by atoms with E-state index >= 15 is 0 Å². The van der Waals surface area contributed by atoms with Crippen molar-refractivity contribution in [2.24, 2.45) is 10.7 Å². The van der Waals surface area contributed by atoms with Crippen molar-refractivity contribution in [3.8, 4) is 5.88 Å². The molecular weight excluding hydrogens is 192 g/mol. The van der Waals surface area contributed by atoms with Crippen LogP contribution in [0.25, 0.3) is 0 Å². The Morgan fingerprint density at radius 3 is 3.00 bits per heavy atom. The maximum atomic E-state index is 5.32. The number of aromatic nitrogens is 1. The highest BCUT2D eigenvalue weighted by Gasteiger charge is 1.98. The summed E-state index contributed by atoms with van der Waals surface area (Å²) in [6, 6.07) is 5.52. The Balaban J connectivity index is 2.58. The summed E-state index contributed by atoms with van der Waals surface area (Å²) in [5, 5.41) is 1.40. The third-order valence-corrected chi connectivity index (χ3v) is 1.49. The van der Waals surface area contributed by atoms with Crippen molar-refractivity contribution in [1.82, 2.24) is 10.0 Å². The van der Waals surface area contributed by atoms with Gasteiger partial charge in [0.25, 0.3) is 0 Å². The number of hydrogen-bond donors (Lipinski definition) is 1. The summed E-state index contributed by atoms with van der Waals surface area (Å²) in [7, 11) is 1.69. The van der Waals surface area contributed by atoms with Gasteiger partial charge in [0.2, 0.25) is 5.88 Å². The van der Waals surface area contributed by atoms with Crippen molar-refractivity contribution in [1.29, 1.82) is 0 Å². The van der Waals surface area contributed by atoms with Gasteiger partial charge < -0.3 is 10.6 Å². The highest BCUT2D eigenvalue weighted by molar-refractivity contribution is 5.54. The van der Waals surface area contributed by atoms with E-state index in [4.69, 9.17) is 10.6 Å². The lowest BCUT2D eigenvalue weighted by atomic mass is 10.4. The zero-order chi connectivity index (χ0) is 11.3. The summed E-state index contributed by atoms with van der Waals surface area (Å²) in [6.45, 7) is 5.32. The first-order chi connectivity index (χ1) is 7.08. The van der Waals surface area contributed by atoms with Crippen LogP contribution < -0.4 is 10.6 Å². The summed E-state index contributed by atoms with van der Waals surface area (Å²) >= 11 is 0. The maximum Gasteiger partial charge on any atom is 0.246 e. The summed E-state index contributed by atoms with van der Waals surface area (Å²) in [5.74, 6) is 0.731. The molecule has 0 aliphatic heterocycles. The molecular formula is C10H14N4O. The number of aryl methyl sites for hydroxylation is 1. The normalized spacial score (nSPS) is 10.3. The molecule has 0 aliphatic rings. The van der Waals surface area contributed by atoms with Crippen LogP contribution in [0.3, 0.4) is 0 Å². The molecule has 0 aliphatic carbocycles. The number of nitrogens with two attached hydrogens (primary N) is 1. The van der Waals surface area contributed by atoms with Gasteiger partial charge in [-0.2, -0.15) is 0 Å². The second kappa shape index (κ2) is 4.99. The Kier molecular flexibility index (Phi) is 3.68. The zero-order valence-corrected chi connectivity index (χ0v) is 8.84. The van der Waals surface area contributed by atoms with E-state index in [1.165, 1.54) is 11.4 Å². The van der Waals surface area contributed by atoms with Crippen molar-refractivity contribution in [2.75, 3.05) is 7.05 Å². The molecule has 0 spiro atoms. The largest absolute Gasteiger partial charge is 0.384 e. The predicted molar refractivity (Wildman–Crippen MR) is 59.2 cm³/mol. The molecule has 5 heteroatoms. The van der Waals surface area contributed by atoms with Crippen molar-refractivity contribution >= 4 is 6.34 Å². The van der Waals surface area contributed by atoms with Crippen LogP contribution in [-0.2, 0) is 0 Å². The number of hydrogen-bond acceptors (Lipinski definition) is 4. The van der Waals surface area contributed by atoms with E-state index in [1.54, 1.807) is 13.1 Å². The Morgan fingerprint density at radius 2 is 2.40 bits per heavy atom. The third-order valence-electron chi connectivity index (χ3n) is 1.49. The van der Waals surface area contributed by atoms with E-state index in [2.05, 4.69) is 16.6 Å². The molecule has 1 aromatic heterocycles. The van der Waals surface area contributed by atoms with E-state index in [0.29, 0.717) is 5.88 Å². The first-order valence-electron chi connectivity index (χ1n) is 4.41. The van der Waals surface area contributed by atoms with Crippen LogP contribution in [0.1, 0.15) is 5.69 Å². The molecule has 2 N–H and O–H groups in total. The van der Waals surface area contributed by atoms with Gasteiger partial charge in [0.15, 0.2) is 0 Å². The number of rotatable bonds is 4. The smallest absolute Gasteiger partial charge is 0.246 e. The molecule has 1 heterocycles. The maximum absolute atomic E-state index is 5.32. The van der Waals surface area contributed by atoms with E-state index in [0.717, 1.165) is 5.69 Å². The number of nitrogens with zero attached hydrogens (tertiary/aromatic N) is 3. The average Bonchev–Trinajstić information content (AvgIpc) is 2.15. The molecule has 0 saturated carbocycles. The summed E-state index contributed by atoms with van der Waals surface area (Å²) in [5.41, 5.74) is 6.16. The highest BCUT2D eigenvalue weighted by atomic mass is 16.7. The lowest BCUT2D eigenvalue weighted by Gasteiger charge is -2.13. The van der Waals surface area contributed by atoms with E-state index < -0.39 is 0 Å². The van der Waals surface area contributed by atoms with Gasteiger partial charge in [-0.15, -0.1) is 0 Å². The first kappa shape index (κ1) is 11.0. The van der Waals surface area contributed by atoms with Gasteiger partial charge in [-0.25, -0.2) is 15.0 Å². The van der Waals surface area contributed by atoms with Crippen LogP contribution in [0, 0.1) is 6.92 Å². The van der Waals surface area contributed by atoms with Gasteiger partial charge in [0.1, 0.15) is 12.2 Å². The van der Waals surface area contributed by atoms with Crippen molar-refractivity contribution in [3.05, 3.63) is 36.3 Å². The zero-order valence-electron chi connectivity index (χ0n) is 8.84. The molecule has 0 fully saturated rings. The fourth-order valence-electron chi connectivity index (χ4n) is 0.895. The van der Waals surface area contributed by atoms with Crippen LogP contribution in [0.15, 0.2) is 35.6 Å². The van der Waals surface area contributed by atoms with E-state index in [1.807, 2.05) is 19.1 Å². The topological polar surface area (TPSA) is 63.7 Å². The number of pyridine rings is 1. The molecule has 1 aromatic rings. The Hall–Kier alpha value is -2.04. The van der Waals surface area contributed by atoms with Crippen molar-refractivity contribution in [2.45, 2.75) is 6.92 Å². The quantitative estimate of drug-likeness (QED) is 0.455. The second-order valence-corrected chi connectivity index (χ2v) is 2.99. The third kappa shape index (κ3) is 4.12. The fraction of sp³-hybridized carbons (Fsp3) is 0.200. The molecule has 0 saturated heterocycles. The van der Waals surface area contributed by atoms with Gasteiger partial charge in [0, 0.05) is 18.8 Å². The minimum Gasteiger partial charge on any atom is -0.384 e. The molecule has 0 radical (unpaired) electrons. The molecule has 0 bridgehead atoms. The van der Waals surface area contributed by atoms with E-state index in [-0.39, 0.29) is 5.82 Å². The molecule has 15 heavy (non-hydrogen) atoms. The fourth-order valence-corrected chi connectivity index (χ4v) is 0.895. The summed E-state index contributed by atoms with van der Waals surface area (Å²) < 4.78 is 0. The Morgan fingerprint density at radius 1 is 1.67 bits per heavy atom. The molecule has 0 amide bonds. The van der Waals surface area contributed by atoms with Gasteiger partial charge in [-0.3, -0.25) is 0 Å². The van der Waals surface area contributed by atoms with Gasteiger partial charge in [-0.1, -0.05) is 12.6 Å². The highest BCUT2D eigenvalue weighted by Crippen LogP contribution is 2.07. The lowest BCUT2D eigenvalue weighted by Crippen LogP contribution is -2.21.